The first-order chi connectivity index (χ1) is 16.0. The fourth-order valence-corrected chi connectivity index (χ4v) is 4.29. The van der Waals surface area contributed by atoms with Gasteiger partial charge in [-0.05, 0) is 46.0 Å². The number of carbonyl (C=O) groups excluding carboxylic acids is 1. The van der Waals surface area contributed by atoms with Crippen molar-refractivity contribution in [3.63, 3.8) is 0 Å². The molecule has 0 spiro atoms. The first-order valence-corrected chi connectivity index (χ1v) is 11.3. The summed E-state index contributed by atoms with van der Waals surface area (Å²) < 4.78 is 5.10. The molecule has 0 aliphatic rings. The van der Waals surface area contributed by atoms with Crippen LogP contribution >= 0.6 is 11.3 Å². The molecular formula is C26H24N2O4S. The predicted octanol–water partition coefficient (Wildman–Crippen LogP) is 4.48. The van der Waals surface area contributed by atoms with Crippen molar-refractivity contribution in [2.24, 2.45) is 0 Å². The molecular weight excluding hydrogens is 436 g/mol. The van der Waals surface area contributed by atoms with E-state index in [1.807, 2.05) is 54.6 Å². The third-order valence-corrected chi connectivity index (χ3v) is 6.13. The molecule has 0 atom stereocenters. The Morgan fingerprint density at radius 1 is 0.970 bits per heavy atom. The molecule has 6 nitrogen and oxygen atoms in total. The Balaban J connectivity index is 1.39. The topological polar surface area (TPSA) is 91.4 Å². The van der Waals surface area contributed by atoms with Crippen LogP contribution in [-0.4, -0.2) is 23.1 Å². The van der Waals surface area contributed by atoms with Gasteiger partial charge >= 0.3 is 4.87 Å². The minimum Gasteiger partial charge on any atom is -0.494 e. The molecule has 1 aromatic heterocycles. The highest BCUT2D eigenvalue weighted by Crippen LogP contribution is 2.24. The maximum Gasteiger partial charge on any atom is 0.307 e. The van der Waals surface area contributed by atoms with Crippen molar-refractivity contribution in [1.29, 1.82) is 0 Å². The van der Waals surface area contributed by atoms with Crippen molar-refractivity contribution in [2.45, 2.75) is 19.6 Å². The molecule has 0 aliphatic carbocycles. The summed E-state index contributed by atoms with van der Waals surface area (Å²) in [6, 6.07) is 23.4. The Morgan fingerprint density at radius 3 is 2.36 bits per heavy atom. The molecule has 1 amide bonds. The second-order valence-corrected chi connectivity index (χ2v) is 8.74. The van der Waals surface area contributed by atoms with Crippen LogP contribution in [0.25, 0.3) is 11.1 Å². The van der Waals surface area contributed by atoms with Crippen LogP contribution in [0.2, 0.25) is 0 Å². The van der Waals surface area contributed by atoms with Gasteiger partial charge in [0.1, 0.15) is 0 Å². The molecule has 0 bridgehead atoms. The van der Waals surface area contributed by atoms with Crippen LogP contribution in [-0.2, 0) is 24.3 Å². The third-order valence-electron chi connectivity index (χ3n) is 5.26. The maximum absolute atomic E-state index is 12.5. The van der Waals surface area contributed by atoms with Gasteiger partial charge in [0.05, 0.1) is 11.5 Å². The Kier molecular flexibility index (Phi) is 7.02. The van der Waals surface area contributed by atoms with Gasteiger partial charge in [-0.15, -0.1) is 0 Å². The fourth-order valence-electron chi connectivity index (χ4n) is 3.54. The molecule has 0 aliphatic heterocycles. The Bertz CT molecular complexity index is 1290. The molecule has 4 rings (SSSR count). The third kappa shape index (κ3) is 5.77. The molecule has 0 saturated carbocycles. The average molecular weight is 461 g/mol. The lowest BCUT2D eigenvalue weighted by atomic mass is 10.0. The molecule has 3 N–H and O–H groups in total. The van der Waals surface area contributed by atoms with E-state index in [2.05, 4.69) is 16.4 Å². The zero-order valence-corrected chi connectivity index (χ0v) is 18.9. The molecule has 7 heteroatoms. The van der Waals surface area contributed by atoms with Crippen LogP contribution in [0.5, 0.6) is 5.88 Å². The summed E-state index contributed by atoms with van der Waals surface area (Å²) in [5, 5.41) is 12.7. The quantitative estimate of drug-likeness (QED) is 0.362. The van der Waals surface area contributed by atoms with Crippen LogP contribution < -0.4 is 10.2 Å². The molecule has 0 radical (unpaired) electrons. The van der Waals surface area contributed by atoms with Gasteiger partial charge in [0.2, 0.25) is 5.88 Å². The normalized spacial score (nSPS) is 10.8. The minimum atomic E-state index is -0.258. The number of aromatic hydroxyl groups is 1. The summed E-state index contributed by atoms with van der Waals surface area (Å²) in [6.07, 6.45) is 0.494. The summed E-state index contributed by atoms with van der Waals surface area (Å²) >= 11 is 1.02. The van der Waals surface area contributed by atoms with E-state index in [4.69, 9.17) is 4.74 Å². The summed E-state index contributed by atoms with van der Waals surface area (Å²) in [5.41, 5.74) is 5.74. The number of hydrogen-bond donors (Lipinski definition) is 3. The highest BCUT2D eigenvalue weighted by molar-refractivity contribution is 7.09. The number of rotatable bonds is 8. The molecule has 33 heavy (non-hydrogen) atoms. The molecule has 3 aromatic carbocycles. The van der Waals surface area contributed by atoms with Crippen LogP contribution in [0.3, 0.4) is 0 Å². The second-order valence-electron chi connectivity index (χ2n) is 7.67. The Labute approximate surface area is 195 Å². The van der Waals surface area contributed by atoms with Gasteiger partial charge in [-0.3, -0.25) is 14.6 Å². The molecule has 168 valence electrons. The SMILES string of the molecule is COCc1ccc(C(=O)NCc2cccc(-c3ccc(Cc4sc(=O)[nH]c4O)cc3)c2)cc1. The largest absolute Gasteiger partial charge is 0.494 e. The van der Waals surface area contributed by atoms with Gasteiger partial charge in [0.15, 0.2) is 0 Å². The maximum atomic E-state index is 12.5. The van der Waals surface area contributed by atoms with Crippen molar-refractivity contribution < 1.29 is 14.6 Å². The van der Waals surface area contributed by atoms with Gasteiger partial charge in [0, 0.05) is 25.6 Å². The first-order valence-electron chi connectivity index (χ1n) is 10.5. The summed E-state index contributed by atoms with van der Waals surface area (Å²) in [7, 11) is 1.64. The summed E-state index contributed by atoms with van der Waals surface area (Å²) in [6.45, 7) is 0.947. The molecule has 4 aromatic rings. The molecule has 0 unspecified atom stereocenters. The number of H-pyrrole nitrogens is 1. The van der Waals surface area contributed by atoms with E-state index in [0.717, 1.165) is 39.2 Å². The van der Waals surface area contributed by atoms with E-state index in [-0.39, 0.29) is 16.7 Å². The number of benzene rings is 3. The van der Waals surface area contributed by atoms with Crippen LogP contribution in [0.1, 0.15) is 31.9 Å². The zero-order valence-electron chi connectivity index (χ0n) is 18.1. The van der Waals surface area contributed by atoms with E-state index in [9.17, 15) is 14.7 Å². The predicted molar refractivity (Wildman–Crippen MR) is 130 cm³/mol. The smallest absolute Gasteiger partial charge is 0.307 e. The van der Waals surface area contributed by atoms with Crippen LogP contribution in [0.4, 0.5) is 0 Å². The second kappa shape index (κ2) is 10.3. The van der Waals surface area contributed by atoms with E-state index >= 15 is 0 Å². The number of methoxy groups -OCH3 is 1. The molecule has 0 saturated heterocycles. The highest BCUT2D eigenvalue weighted by Gasteiger charge is 2.09. The van der Waals surface area contributed by atoms with Crippen molar-refractivity contribution in [3.05, 3.63) is 110 Å². The summed E-state index contributed by atoms with van der Waals surface area (Å²) in [4.78, 5) is 26.6. The number of nitrogens with one attached hydrogen (secondary N) is 2. The van der Waals surface area contributed by atoms with Crippen molar-refractivity contribution >= 4 is 17.2 Å². The number of amides is 1. The average Bonchev–Trinajstić information content (AvgIpc) is 3.15. The number of carbonyl (C=O) groups is 1. The van der Waals surface area contributed by atoms with Gasteiger partial charge in [-0.2, -0.15) is 0 Å². The summed E-state index contributed by atoms with van der Waals surface area (Å²) in [5.74, 6) is -0.182. The van der Waals surface area contributed by atoms with Crippen molar-refractivity contribution in [3.8, 4) is 17.0 Å². The molecule has 0 fully saturated rings. The number of aromatic amines is 1. The van der Waals surface area contributed by atoms with E-state index < -0.39 is 0 Å². The van der Waals surface area contributed by atoms with E-state index in [0.29, 0.717) is 30.0 Å². The fraction of sp³-hybridized carbons (Fsp3) is 0.154. The van der Waals surface area contributed by atoms with Crippen LogP contribution in [0.15, 0.2) is 77.6 Å². The highest BCUT2D eigenvalue weighted by atomic mass is 32.1. The minimum absolute atomic E-state index is 0.0604. The van der Waals surface area contributed by atoms with Gasteiger partial charge in [0.25, 0.3) is 5.91 Å². The van der Waals surface area contributed by atoms with Crippen molar-refractivity contribution in [1.82, 2.24) is 10.3 Å². The zero-order chi connectivity index (χ0) is 23.2. The number of thiazole rings is 1. The van der Waals surface area contributed by atoms with E-state index in [1.165, 1.54) is 0 Å². The first kappa shape index (κ1) is 22.5. The lowest BCUT2D eigenvalue weighted by molar-refractivity contribution is 0.0951. The van der Waals surface area contributed by atoms with Gasteiger partial charge in [-0.1, -0.05) is 65.9 Å². The standard InChI is InChI=1S/C26H24N2O4S/c1-32-16-18-7-11-21(12-8-18)24(29)27-15-19-3-2-4-22(13-19)20-9-5-17(6-10-20)14-23-25(30)28-26(31)33-23/h2-13,30H,14-16H2,1H3,(H,27,29)(H,28,31). The van der Waals surface area contributed by atoms with Gasteiger partial charge < -0.3 is 15.2 Å². The van der Waals surface area contributed by atoms with Crippen LogP contribution in [0, 0.1) is 0 Å². The van der Waals surface area contributed by atoms with E-state index in [1.54, 1.807) is 19.2 Å². The molecule has 1 heterocycles. The lowest BCUT2D eigenvalue weighted by Crippen LogP contribution is -2.22. The number of ether oxygens (including phenoxy) is 1. The lowest BCUT2D eigenvalue weighted by Gasteiger charge is -2.09. The number of aromatic nitrogens is 1. The van der Waals surface area contributed by atoms with Crippen molar-refractivity contribution in [2.75, 3.05) is 7.11 Å². The Hall–Kier alpha value is -3.68. The monoisotopic (exact) mass is 460 g/mol. The number of hydrogen-bond acceptors (Lipinski definition) is 5. The van der Waals surface area contributed by atoms with Gasteiger partial charge in [-0.25, -0.2) is 0 Å². The Morgan fingerprint density at radius 2 is 1.70 bits per heavy atom.